The van der Waals surface area contributed by atoms with Crippen LogP contribution in [0, 0.1) is 0 Å². The fourth-order valence-corrected chi connectivity index (χ4v) is 5.53. The van der Waals surface area contributed by atoms with Crippen LogP contribution < -0.4 is 0 Å². The Morgan fingerprint density at radius 3 is 1.30 bits per heavy atom. The largest absolute Gasteiger partial charge is 0.508 e. The first-order valence-electron chi connectivity index (χ1n) is 15.0. The summed E-state index contributed by atoms with van der Waals surface area (Å²) in [7, 11) is 0. The molecule has 1 rings (SSSR count). The number of hydrogen-bond acceptors (Lipinski definition) is 1. The van der Waals surface area contributed by atoms with Crippen molar-refractivity contribution in [3.05, 3.63) is 29.3 Å². The first kappa shape index (κ1) is 30.1. The molecule has 192 valence electrons. The highest BCUT2D eigenvalue weighted by Gasteiger charge is 2.23. The van der Waals surface area contributed by atoms with Crippen LogP contribution in [0.15, 0.2) is 18.2 Å². The van der Waals surface area contributed by atoms with E-state index in [9.17, 15) is 5.11 Å². The van der Waals surface area contributed by atoms with E-state index < -0.39 is 0 Å². The van der Waals surface area contributed by atoms with Crippen molar-refractivity contribution >= 4 is 0 Å². The summed E-state index contributed by atoms with van der Waals surface area (Å²) in [6.45, 7) is 9.20. The van der Waals surface area contributed by atoms with Crippen molar-refractivity contribution in [2.75, 3.05) is 0 Å². The van der Waals surface area contributed by atoms with Gasteiger partial charge >= 0.3 is 0 Å². The maximum absolute atomic E-state index is 11.1. The molecule has 0 radical (unpaired) electrons. The van der Waals surface area contributed by atoms with Crippen LogP contribution in [0.1, 0.15) is 179 Å². The third-order valence-corrected chi connectivity index (χ3v) is 7.59. The van der Waals surface area contributed by atoms with Crippen molar-refractivity contribution < 1.29 is 5.11 Å². The highest BCUT2D eigenvalue weighted by Crippen LogP contribution is 2.42. The lowest BCUT2D eigenvalue weighted by Gasteiger charge is -2.27. The van der Waals surface area contributed by atoms with Gasteiger partial charge in [-0.05, 0) is 49.1 Å². The summed E-state index contributed by atoms with van der Waals surface area (Å²) >= 11 is 0. The minimum Gasteiger partial charge on any atom is -0.508 e. The van der Waals surface area contributed by atoms with E-state index in [0.717, 1.165) is 0 Å². The summed E-state index contributed by atoms with van der Waals surface area (Å²) in [5.74, 6) is 1.73. The van der Waals surface area contributed by atoms with Crippen LogP contribution in [0.4, 0.5) is 0 Å². The van der Waals surface area contributed by atoms with Gasteiger partial charge in [0.25, 0.3) is 0 Å². The number of unbranched alkanes of at least 4 members (excludes halogenated alkanes) is 12. The summed E-state index contributed by atoms with van der Waals surface area (Å²) in [5.41, 5.74) is 2.83. The molecule has 1 N–H and O–H groups in total. The number of hydrogen-bond donors (Lipinski definition) is 1. The molecule has 0 aliphatic heterocycles. The first-order valence-corrected chi connectivity index (χ1v) is 15.0. The highest BCUT2D eigenvalue weighted by molar-refractivity contribution is 5.44. The van der Waals surface area contributed by atoms with Crippen LogP contribution in [0.5, 0.6) is 5.75 Å². The minimum atomic E-state index is 0.531. The Bertz CT molecular complexity index is 540. The zero-order valence-corrected chi connectivity index (χ0v) is 23.0. The number of phenolic OH excluding ortho intramolecular Hbond substituents is 1. The van der Waals surface area contributed by atoms with E-state index in [1.807, 2.05) is 6.07 Å². The Morgan fingerprint density at radius 2 is 0.909 bits per heavy atom. The summed E-state index contributed by atoms with van der Waals surface area (Å²) in [6.07, 6.45) is 26.3. The van der Waals surface area contributed by atoms with E-state index in [4.69, 9.17) is 0 Å². The monoisotopic (exact) mass is 458 g/mol. The number of phenols is 1. The molecule has 0 unspecified atom stereocenters. The fourth-order valence-electron chi connectivity index (χ4n) is 5.53. The lowest BCUT2D eigenvalue weighted by molar-refractivity contribution is 0.428. The van der Waals surface area contributed by atoms with E-state index in [0.29, 0.717) is 17.6 Å². The molecular weight excluding hydrogens is 400 g/mol. The molecule has 0 amide bonds. The molecule has 0 heterocycles. The normalized spacial score (nSPS) is 11.7. The van der Waals surface area contributed by atoms with Crippen molar-refractivity contribution in [1.82, 2.24) is 0 Å². The number of rotatable bonds is 22. The van der Waals surface area contributed by atoms with Crippen LogP contribution in [-0.2, 0) is 0 Å². The zero-order chi connectivity index (χ0) is 24.2. The second kappa shape index (κ2) is 20.4. The Morgan fingerprint density at radius 1 is 0.515 bits per heavy atom. The predicted octanol–water partition coefficient (Wildman–Crippen LogP) is 11.4. The molecule has 1 heteroatoms. The van der Waals surface area contributed by atoms with Gasteiger partial charge in [0.05, 0.1) is 0 Å². The van der Waals surface area contributed by atoms with Gasteiger partial charge < -0.3 is 5.11 Å². The second-order valence-electron chi connectivity index (χ2n) is 10.6. The second-order valence-corrected chi connectivity index (χ2v) is 10.6. The van der Waals surface area contributed by atoms with Gasteiger partial charge in [0.1, 0.15) is 5.75 Å². The van der Waals surface area contributed by atoms with Crippen LogP contribution in [-0.4, -0.2) is 5.11 Å². The Hall–Kier alpha value is -0.980. The van der Waals surface area contributed by atoms with Crippen molar-refractivity contribution in [2.24, 2.45) is 0 Å². The van der Waals surface area contributed by atoms with Gasteiger partial charge in [-0.25, -0.2) is 0 Å². The summed E-state index contributed by atoms with van der Waals surface area (Å²) < 4.78 is 0. The quantitative estimate of drug-likeness (QED) is 0.171. The maximum Gasteiger partial charge on any atom is 0.119 e. The van der Waals surface area contributed by atoms with Crippen molar-refractivity contribution in [3.63, 3.8) is 0 Å². The Balaban J connectivity index is 3.07. The molecule has 1 nitrogen and oxygen atoms in total. The summed E-state index contributed by atoms with van der Waals surface area (Å²) in [4.78, 5) is 0. The van der Waals surface area contributed by atoms with Crippen molar-refractivity contribution in [3.8, 4) is 5.75 Å². The molecular formula is C32H58O. The van der Waals surface area contributed by atoms with Gasteiger partial charge in [0, 0.05) is 5.56 Å². The molecule has 1 aromatic carbocycles. The topological polar surface area (TPSA) is 20.2 Å². The van der Waals surface area contributed by atoms with Crippen LogP contribution in [0.2, 0.25) is 0 Å². The molecule has 0 saturated heterocycles. The zero-order valence-electron chi connectivity index (χ0n) is 23.0. The standard InChI is InChI=1S/C32H58O/c1-5-9-13-17-22-28(23-18-14-10-6-2)30-26-21-27-31(33)32(30)29(24-19-15-11-7-3)25-20-16-12-8-4/h21,26-29,33H,5-20,22-25H2,1-4H3. The van der Waals surface area contributed by atoms with E-state index in [1.165, 1.54) is 140 Å². The summed E-state index contributed by atoms with van der Waals surface area (Å²) in [6, 6.07) is 6.46. The molecule has 0 aliphatic carbocycles. The number of aromatic hydroxyl groups is 1. The van der Waals surface area contributed by atoms with Gasteiger partial charge in [-0.3, -0.25) is 0 Å². The molecule has 0 aromatic heterocycles. The summed E-state index contributed by atoms with van der Waals surface area (Å²) in [5, 5.41) is 11.1. The van der Waals surface area contributed by atoms with E-state index in [-0.39, 0.29) is 0 Å². The molecule has 0 bridgehead atoms. The molecule has 0 aliphatic rings. The van der Waals surface area contributed by atoms with Crippen molar-refractivity contribution in [2.45, 2.75) is 168 Å². The molecule has 0 saturated carbocycles. The van der Waals surface area contributed by atoms with Crippen molar-refractivity contribution in [1.29, 1.82) is 0 Å². The molecule has 1 aromatic rings. The highest BCUT2D eigenvalue weighted by atomic mass is 16.3. The van der Waals surface area contributed by atoms with Crippen LogP contribution in [0.3, 0.4) is 0 Å². The van der Waals surface area contributed by atoms with Gasteiger partial charge in [-0.1, -0.05) is 143 Å². The van der Waals surface area contributed by atoms with E-state index >= 15 is 0 Å². The average Bonchev–Trinajstić information content (AvgIpc) is 2.82. The van der Waals surface area contributed by atoms with Gasteiger partial charge in [0.2, 0.25) is 0 Å². The van der Waals surface area contributed by atoms with Gasteiger partial charge in [-0.15, -0.1) is 0 Å². The molecule has 0 spiro atoms. The van der Waals surface area contributed by atoms with E-state index in [1.54, 1.807) is 0 Å². The van der Waals surface area contributed by atoms with Gasteiger partial charge in [-0.2, -0.15) is 0 Å². The third kappa shape index (κ3) is 12.9. The predicted molar refractivity (Wildman–Crippen MR) is 149 cm³/mol. The molecule has 33 heavy (non-hydrogen) atoms. The Labute approximate surface area is 208 Å². The lowest BCUT2D eigenvalue weighted by Crippen LogP contribution is -2.09. The van der Waals surface area contributed by atoms with Crippen LogP contribution in [0.25, 0.3) is 0 Å². The Kier molecular flexibility index (Phi) is 18.6. The van der Waals surface area contributed by atoms with E-state index in [2.05, 4.69) is 39.8 Å². The fraction of sp³-hybridized carbons (Fsp3) is 0.812. The molecule has 0 fully saturated rings. The smallest absolute Gasteiger partial charge is 0.119 e. The average molecular weight is 459 g/mol. The lowest BCUT2D eigenvalue weighted by atomic mass is 9.78. The molecule has 0 atom stereocenters. The number of benzene rings is 1. The first-order chi connectivity index (χ1) is 16.2. The SMILES string of the molecule is CCCCCCC(CCCCCC)c1cccc(O)c1C(CCCCCC)CCCCCC. The third-order valence-electron chi connectivity index (χ3n) is 7.59. The van der Waals surface area contributed by atoms with Gasteiger partial charge in [0.15, 0.2) is 0 Å². The van der Waals surface area contributed by atoms with Crippen LogP contribution >= 0.6 is 0 Å². The maximum atomic E-state index is 11.1. The minimum absolute atomic E-state index is 0.531.